The minimum Gasteiger partial charge on any atom is -0.490 e. The number of carbonyl (C=O) groups is 2. The monoisotopic (exact) mass is 539 g/mol. The van der Waals surface area contributed by atoms with Crippen LogP contribution >= 0.6 is 35.6 Å². The van der Waals surface area contributed by atoms with Crippen LogP contribution in [0.15, 0.2) is 77.7 Å². The van der Waals surface area contributed by atoms with Crippen LogP contribution in [0.4, 0.5) is 0 Å². The van der Waals surface area contributed by atoms with Crippen LogP contribution in [-0.2, 0) is 16.2 Å². The Morgan fingerprint density at radius 3 is 2.47 bits per heavy atom. The van der Waals surface area contributed by atoms with Gasteiger partial charge in [0.05, 0.1) is 11.5 Å². The molecule has 1 heterocycles. The number of carboxylic acid groups (broad SMARTS) is 1. The molecule has 36 heavy (non-hydrogen) atoms. The number of ether oxygens (including phenoxy) is 2. The molecule has 1 amide bonds. The van der Waals surface area contributed by atoms with E-state index in [1.165, 1.54) is 0 Å². The van der Waals surface area contributed by atoms with Crippen molar-refractivity contribution >= 4 is 57.9 Å². The molecule has 1 N–H and O–H groups in total. The number of thiocarbonyl (C=S) groups is 1. The zero-order valence-electron chi connectivity index (χ0n) is 19.2. The van der Waals surface area contributed by atoms with Gasteiger partial charge in [0, 0.05) is 5.02 Å². The highest BCUT2D eigenvalue weighted by Gasteiger charge is 2.41. The van der Waals surface area contributed by atoms with Crippen molar-refractivity contribution in [3.8, 4) is 11.5 Å². The Hall–Kier alpha value is -3.33. The first-order valence-electron chi connectivity index (χ1n) is 11.1. The molecule has 0 aromatic heterocycles. The molecule has 1 fully saturated rings. The lowest BCUT2D eigenvalue weighted by Crippen LogP contribution is -2.37. The van der Waals surface area contributed by atoms with Crippen molar-refractivity contribution in [2.45, 2.75) is 19.6 Å². The molecule has 4 rings (SSSR count). The largest absolute Gasteiger partial charge is 0.490 e. The van der Waals surface area contributed by atoms with E-state index in [4.69, 9.17) is 33.3 Å². The predicted molar refractivity (Wildman–Crippen MR) is 145 cm³/mol. The lowest BCUT2D eigenvalue weighted by Gasteiger charge is -2.23. The molecule has 184 valence electrons. The van der Waals surface area contributed by atoms with Gasteiger partial charge >= 0.3 is 5.97 Å². The van der Waals surface area contributed by atoms with E-state index in [0.717, 1.165) is 22.2 Å². The summed E-state index contributed by atoms with van der Waals surface area (Å²) in [5.74, 6) is -0.517. The summed E-state index contributed by atoms with van der Waals surface area (Å²) in [7, 11) is 0. The van der Waals surface area contributed by atoms with Gasteiger partial charge in [0.2, 0.25) is 0 Å². The molecule has 1 aliphatic heterocycles. The Bertz CT molecular complexity index is 1310. The number of thioether (sulfide) groups is 1. The Morgan fingerprint density at radius 1 is 1.08 bits per heavy atom. The van der Waals surface area contributed by atoms with Crippen molar-refractivity contribution in [1.82, 2.24) is 4.90 Å². The lowest BCUT2D eigenvalue weighted by molar-refractivity contribution is -0.145. The summed E-state index contributed by atoms with van der Waals surface area (Å²) in [5, 5.41) is 10.5. The quantitative estimate of drug-likeness (QED) is 0.251. The molecule has 1 aliphatic rings. The minimum atomic E-state index is -1.20. The van der Waals surface area contributed by atoms with Crippen LogP contribution in [0, 0.1) is 0 Å². The molecular weight excluding hydrogens is 518 g/mol. The first-order chi connectivity index (χ1) is 17.4. The minimum absolute atomic E-state index is 0.190. The molecular formula is C27H22ClNO5S2. The fourth-order valence-electron chi connectivity index (χ4n) is 3.63. The maximum absolute atomic E-state index is 13.2. The third-order valence-corrected chi connectivity index (χ3v) is 6.89. The standard InChI is InChI=1S/C27H22ClNO5S2/c1-2-33-22-14-18(10-13-21(22)34-16-17-8-11-20(28)12-9-17)15-23-25(30)29(27(35)36-23)24(26(31)32)19-6-4-3-5-7-19/h3-15,24H,2,16H2,1H3,(H,31,32)/b23-15-/t24-/m0/s1. The van der Waals surface area contributed by atoms with Crippen LogP contribution in [-0.4, -0.2) is 32.8 Å². The first kappa shape index (κ1) is 25.8. The maximum Gasteiger partial charge on any atom is 0.331 e. The van der Waals surface area contributed by atoms with E-state index < -0.39 is 17.9 Å². The zero-order valence-corrected chi connectivity index (χ0v) is 21.6. The summed E-state index contributed by atoms with van der Waals surface area (Å²) in [4.78, 5) is 26.8. The van der Waals surface area contributed by atoms with Gasteiger partial charge in [-0.25, -0.2) is 4.79 Å². The van der Waals surface area contributed by atoms with Crippen LogP contribution in [0.1, 0.15) is 29.7 Å². The molecule has 0 radical (unpaired) electrons. The molecule has 9 heteroatoms. The number of nitrogens with zero attached hydrogens (tertiary/aromatic N) is 1. The summed E-state index contributed by atoms with van der Waals surface area (Å²) in [6.07, 6.45) is 1.68. The lowest BCUT2D eigenvalue weighted by atomic mass is 10.1. The molecule has 0 aliphatic carbocycles. The van der Waals surface area contributed by atoms with Crippen molar-refractivity contribution < 1.29 is 24.2 Å². The summed E-state index contributed by atoms with van der Waals surface area (Å²) < 4.78 is 11.9. The summed E-state index contributed by atoms with van der Waals surface area (Å²) in [5.41, 5.74) is 2.13. The SMILES string of the molecule is CCOc1cc(/C=C2\SC(=S)N([C@H](C(=O)O)c3ccccc3)C2=O)ccc1OCc1ccc(Cl)cc1. The molecule has 0 unspecified atom stereocenters. The Morgan fingerprint density at radius 2 is 1.81 bits per heavy atom. The van der Waals surface area contributed by atoms with Crippen LogP contribution < -0.4 is 9.47 Å². The van der Waals surface area contributed by atoms with E-state index in [9.17, 15) is 14.7 Å². The van der Waals surface area contributed by atoms with Crippen LogP contribution in [0.2, 0.25) is 5.02 Å². The van der Waals surface area contributed by atoms with Gasteiger partial charge in [0.1, 0.15) is 10.9 Å². The maximum atomic E-state index is 13.2. The number of aliphatic carboxylic acids is 1. The van der Waals surface area contributed by atoms with E-state index in [2.05, 4.69) is 0 Å². The molecule has 3 aromatic rings. The molecule has 6 nitrogen and oxygen atoms in total. The second kappa shape index (κ2) is 11.6. The molecule has 0 saturated carbocycles. The molecule has 1 saturated heterocycles. The Balaban J connectivity index is 1.56. The predicted octanol–water partition coefficient (Wildman–Crippen LogP) is 6.34. The van der Waals surface area contributed by atoms with Crippen molar-refractivity contribution in [3.05, 3.63) is 99.4 Å². The van der Waals surface area contributed by atoms with Gasteiger partial charge in [-0.1, -0.05) is 84.1 Å². The van der Waals surface area contributed by atoms with Crippen molar-refractivity contribution in [3.63, 3.8) is 0 Å². The van der Waals surface area contributed by atoms with E-state index in [1.807, 2.05) is 19.1 Å². The third kappa shape index (κ3) is 5.90. The number of carbonyl (C=O) groups excluding carboxylic acids is 1. The van der Waals surface area contributed by atoms with Crippen molar-refractivity contribution in [1.29, 1.82) is 0 Å². The summed E-state index contributed by atoms with van der Waals surface area (Å²) >= 11 is 12.4. The molecule has 3 aromatic carbocycles. The highest BCUT2D eigenvalue weighted by molar-refractivity contribution is 8.26. The smallest absolute Gasteiger partial charge is 0.331 e. The van der Waals surface area contributed by atoms with E-state index in [-0.39, 0.29) is 4.32 Å². The Kier molecular flexibility index (Phi) is 8.30. The van der Waals surface area contributed by atoms with Crippen molar-refractivity contribution in [2.75, 3.05) is 6.61 Å². The summed E-state index contributed by atoms with van der Waals surface area (Å²) in [6, 6.07) is 20.1. The van der Waals surface area contributed by atoms with Crippen LogP contribution in [0.5, 0.6) is 11.5 Å². The second-order valence-corrected chi connectivity index (χ2v) is 9.87. The number of benzene rings is 3. The van der Waals surface area contributed by atoms with Gasteiger partial charge in [0.15, 0.2) is 17.5 Å². The van der Waals surface area contributed by atoms with E-state index in [0.29, 0.717) is 45.8 Å². The zero-order chi connectivity index (χ0) is 25.7. The van der Waals surface area contributed by atoms with Gasteiger partial charge in [-0.2, -0.15) is 0 Å². The highest BCUT2D eigenvalue weighted by atomic mass is 35.5. The van der Waals surface area contributed by atoms with Crippen LogP contribution in [0.25, 0.3) is 6.08 Å². The van der Waals surface area contributed by atoms with Crippen LogP contribution in [0.3, 0.4) is 0 Å². The third-order valence-electron chi connectivity index (χ3n) is 5.30. The molecule has 0 bridgehead atoms. The average molecular weight is 540 g/mol. The average Bonchev–Trinajstić information content (AvgIpc) is 3.13. The number of hydrogen-bond acceptors (Lipinski definition) is 6. The number of halogens is 1. The number of rotatable bonds is 9. The second-order valence-electron chi connectivity index (χ2n) is 7.76. The first-order valence-corrected chi connectivity index (χ1v) is 12.7. The number of hydrogen-bond donors (Lipinski definition) is 1. The van der Waals surface area contributed by atoms with Gasteiger partial charge in [-0.15, -0.1) is 0 Å². The van der Waals surface area contributed by atoms with Gasteiger partial charge in [-0.3, -0.25) is 9.69 Å². The van der Waals surface area contributed by atoms with E-state index in [1.54, 1.807) is 66.7 Å². The van der Waals surface area contributed by atoms with E-state index >= 15 is 0 Å². The fraction of sp³-hybridized carbons (Fsp3) is 0.148. The number of amides is 1. The highest BCUT2D eigenvalue weighted by Crippen LogP contribution is 2.39. The number of carboxylic acids is 1. The topological polar surface area (TPSA) is 76.1 Å². The normalized spacial score (nSPS) is 15.3. The van der Waals surface area contributed by atoms with Crippen molar-refractivity contribution in [2.24, 2.45) is 0 Å². The summed E-state index contributed by atoms with van der Waals surface area (Å²) in [6.45, 7) is 2.64. The fourth-order valence-corrected chi connectivity index (χ4v) is 5.07. The Labute approximate surface area is 223 Å². The molecule has 0 spiro atoms. The van der Waals surface area contributed by atoms with Gasteiger partial charge in [-0.05, 0) is 54.0 Å². The molecule has 1 atom stereocenters. The van der Waals surface area contributed by atoms with Gasteiger partial charge in [0.25, 0.3) is 5.91 Å². The van der Waals surface area contributed by atoms with Gasteiger partial charge < -0.3 is 14.6 Å².